The second-order valence-electron chi connectivity index (χ2n) is 5.98. The Morgan fingerprint density at radius 3 is 2.50 bits per heavy atom. The number of nitrogens with zero attached hydrogens (tertiary/aromatic N) is 2. The van der Waals surface area contributed by atoms with Crippen LogP contribution in [-0.4, -0.2) is 33.8 Å². The van der Waals surface area contributed by atoms with Crippen LogP contribution in [0.5, 0.6) is 5.75 Å². The molecule has 0 aliphatic rings. The van der Waals surface area contributed by atoms with Crippen LogP contribution >= 0.6 is 23.4 Å². The zero-order chi connectivity index (χ0) is 18.5. The van der Waals surface area contributed by atoms with E-state index in [1.807, 2.05) is 38.1 Å². The molecule has 3 rings (SSSR count). The molecule has 0 amide bonds. The lowest BCUT2D eigenvalue weighted by Gasteiger charge is -2.12. The Balaban J connectivity index is 1.50. The van der Waals surface area contributed by atoms with Gasteiger partial charge in [0.2, 0.25) is 5.89 Å². The number of aliphatic hydroxyl groups is 1. The Morgan fingerprint density at radius 1 is 1.12 bits per heavy atom. The summed E-state index contributed by atoms with van der Waals surface area (Å²) in [5.41, 5.74) is 3.06. The standard InChI is InChI=1S/C19H19ClN2O3S/c1-12-7-13(2)9-17(8-12)24-10-16(23)11-26-19-22-21-18(25-19)14-3-5-15(20)6-4-14/h3-9,16,23H,10-11H2,1-2H3/t16-/m1/s1. The summed E-state index contributed by atoms with van der Waals surface area (Å²) in [5.74, 6) is 1.58. The molecule has 0 spiro atoms. The van der Waals surface area contributed by atoms with Gasteiger partial charge in [-0.15, -0.1) is 10.2 Å². The molecule has 1 N–H and O–H groups in total. The maximum Gasteiger partial charge on any atom is 0.276 e. The van der Waals surface area contributed by atoms with Gasteiger partial charge in [0.1, 0.15) is 12.4 Å². The monoisotopic (exact) mass is 390 g/mol. The van der Waals surface area contributed by atoms with Gasteiger partial charge in [-0.1, -0.05) is 29.4 Å². The van der Waals surface area contributed by atoms with Crippen molar-refractivity contribution in [3.8, 4) is 17.2 Å². The quantitative estimate of drug-likeness (QED) is 0.597. The average molecular weight is 391 g/mol. The van der Waals surface area contributed by atoms with E-state index in [-0.39, 0.29) is 6.61 Å². The second-order valence-corrected chi connectivity index (χ2v) is 7.39. The van der Waals surface area contributed by atoms with E-state index in [1.165, 1.54) is 11.8 Å². The number of aliphatic hydroxyl groups excluding tert-OH is 1. The fraction of sp³-hybridized carbons (Fsp3) is 0.263. The van der Waals surface area contributed by atoms with Gasteiger partial charge in [0.05, 0.1) is 6.10 Å². The molecular formula is C19H19ClN2O3S. The molecule has 2 aromatic carbocycles. The van der Waals surface area contributed by atoms with Crippen molar-refractivity contribution in [1.29, 1.82) is 0 Å². The Morgan fingerprint density at radius 2 is 1.81 bits per heavy atom. The Kier molecular flexibility index (Phi) is 6.19. The minimum Gasteiger partial charge on any atom is -0.491 e. The second kappa shape index (κ2) is 8.58. The summed E-state index contributed by atoms with van der Waals surface area (Å²) in [5, 5.41) is 19.2. The van der Waals surface area contributed by atoms with Crippen LogP contribution in [0.1, 0.15) is 11.1 Å². The average Bonchev–Trinajstić information content (AvgIpc) is 3.07. The molecule has 0 aliphatic heterocycles. The highest BCUT2D eigenvalue weighted by Gasteiger charge is 2.12. The van der Waals surface area contributed by atoms with Crippen LogP contribution in [-0.2, 0) is 0 Å². The molecule has 0 saturated carbocycles. The minimum absolute atomic E-state index is 0.202. The number of halogens is 1. The van der Waals surface area contributed by atoms with Crippen molar-refractivity contribution in [3.63, 3.8) is 0 Å². The molecule has 136 valence electrons. The molecule has 0 bridgehead atoms. The zero-order valence-electron chi connectivity index (χ0n) is 14.5. The number of aromatic nitrogens is 2. The van der Waals surface area contributed by atoms with Crippen molar-refractivity contribution < 1.29 is 14.3 Å². The first-order valence-corrected chi connectivity index (χ1v) is 9.47. The van der Waals surface area contributed by atoms with E-state index < -0.39 is 6.10 Å². The predicted octanol–water partition coefficient (Wildman–Crippen LogP) is 4.54. The molecule has 1 atom stereocenters. The van der Waals surface area contributed by atoms with Crippen molar-refractivity contribution in [2.45, 2.75) is 25.2 Å². The molecular weight excluding hydrogens is 372 g/mol. The zero-order valence-corrected chi connectivity index (χ0v) is 16.0. The third kappa shape index (κ3) is 5.24. The summed E-state index contributed by atoms with van der Waals surface area (Å²) in [6.45, 7) is 4.23. The summed E-state index contributed by atoms with van der Waals surface area (Å²) in [7, 11) is 0. The fourth-order valence-corrected chi connectivity index (χ4v) is 3.20. The van der Waals surface area contributed by atoms with E-state index in [4.69, 9.17) is 20.8 Å². The van der Waals surface area contributed by atoms with Gasteiger partial charge < -0.3 is 14.3 Å². The summed E-state index contributed by atoms with van der Waals surface area (Å²) in [6.07, 6.45) is -0.647. The molecule has 0 radical (unpaired) electrons. The normalized spacial score (nSPS) is 12.2. The Hall–Kier alpha value is -2.02. The largest absolute Gasteiger partial charge is 0.491 e. The van der Waals surface area contributed by atoms with Crippen molar-refractivity contribution in [1.82, 2.24) is 10.2 Å². The van der Waals surface area contributed by atoms with Crippen LogP contribution in [0.15, 0.2) is 52.1 Å². The van der Waals surface area contributed by atoms with Crippen LogP contribution in [0.4, 0.5) is 0 Å². The molecule has 3 aromatic rings. The number of thioether (sulfide) groups is 1. The van der Waals surface area contributed by atoms with Crippen molar-refractivity contribution in [2.75, 3.05) is 12.4 Å². The summed E-state index contributed by atoms with van der Waals surface area (Å²) >= 11 is 7.16. The third-order valence-electron chi connectivity index (χ3n) is 3.53. The number of aryl methyl sites for hydroxylation is 2. The van der Waals surface area contributed by atoms with Gasteiger partial charge in [0.25, 0.3) is 5.22 Å². The van der Waals surface area contributed by atoms with Crippen LogP contribution in [0.2, 0.25) is 5.02 Å². The predicted molar refractivity (Wildman–Crippen MR) is 103 cm³/mol. The third-order valence-corrected chi connectivity index (χ3v) is 4.75. The topological polar surface area (TPSA) is 68.4 Å². The maximum atomic E-state index is 10.1. The number of hydrogen-bond donors (Lipinski definition) is 1. The molecule has 26 heavy (non-hydrogen) atoms. The molecule has 0 fully saturated rings. The van der Waals surface area contributed by atoms with Gasteiger partial charge >= 0.3 is 0 Å². The van der Waals surface area contributed by atoms with E-state index in [0.717, 1.165) is 22.4 Å². The lowest BCUT2D eigenvalue weighted by Crippen LogP contribution is -2.20. The van der Waals surface area contributed by atoms with Crippen LogP contribution < -0.4 is 4.74 Å². The molecule has 1 aromatic heterocycles. The lowest BCUT2D eigenvalue weighted by atomic mass is 10.1. The van der Waals surface area contributed by atoms with Crippen LogP contribution in [0.3, 0.4) is 0 Å². The van der Waals surface area contributed by atoms with Crippen LogP contribution in [0, 0.1) is 13.8 Å². The van der Waals surface area contributed by atoms with Crippen molar-refractivity contribution >= 4 is 23.4 Å². The van der Waals surface area contributed by atoms with Crippen molar-refractivity contribution in [2.24, 2.45) is 0 Å². The highest BCUT2D eigenvalue weighted by Crippen LogP contribution is 2.25. The van der Waals surface area contributed by atoms with Gasteiger partial charge in [-0.3, -0.25) is 0 Å². The molecule has 7 heteroatoms. The number of ether oxygens (including phenoxy) is 1. The van der Waals surface area contributed by atoms with Crippen molar-refractivity contribution in [3.05, 3.63) is 58.6 Å². The lowest BCUT2D eigenvalue weighted by molar-refractivity contribution is 0.126. The molecule has 0 unspecified atom stereocenters. The van der Waals surface area contributed by atoms with Gasteiger partial charge in [-0.25, -0.2) is 0 Å². The number of hydrogen-bond acceptors (Lipinski definition) is 6. The summed E-state index contributed by atoms with van der Waals surface area (Å²) in [6, 6.07) is 13.1. The van der Waals surface area contributed by atoms with Crippen LogP contribution in [0.25, 0.3) is 11.5 Å². The molecule has 0 aliphatic carbocycles. The highest BCUT2D eigenvalue weighted by atomic mass is 35.5. The van der Waals surface area contributed by atoms with Gasteiger partial charge in [-0.2, -0.15) is 0 Å². The van der Waals surface area contributed by atoms with E-state index in [9.17, 15) is 5.11 Å². The fourth-order valence-electron chi connectivity index (χ4n) is 2.40. The summed E-state index contributed by atoms with van der Waals surface area (Å²) in [4.78, 5) is 0. The highest BCUT2D eigenvalue weighted by molar-refractivity contribution is 7.99. The maximum absolute atomic E-state index is 10.1. The Labute approximate surface area is 161 Å². The number of rotatable bonds is 7. The van der Waals surface area contributed by atoms with E-state index >= 15 is 0 Å². The molecule has 5 nitrogen and oxygen atoms in total. The molecule has 1 heterocycles. The van der Waals surface area contributed by atoms with Gasteiger partial charge in [0, 0.05) is 16.3 Å². The molecule has 0 saturated heterocycles. The first-order chi connectivity index (χ1) is 12.5. The van der Waals surface area contributed by atoms with E-state index in [2.05, 4.69) is 16.3 Å². The van der Waals surface area contributed by atoms with E-state index in [0.29, 0.717) is 21.9 Å². The van der Waals surface area contributed by atoms with Gasteiger partial charge in [0.15, 0.2) is 0 Å². The minimum atomic E-state index is -0.647. The first-order valence-electron chi connectivity index (χ1n) is 8.11. The number of benzene rings is 2. The SMILES string of the molecule is Cc1cc(C)cc(OC[C@@H](O)CSc2nnc(-c3ccc(Cl)cc3)o2)c1. The van der Waals surface area contributed by atoms with Gasteiger partial charge in [-0.05, 0) is 61.4 Å². The summed E-state index contributed by atoms with van der Waals surface area (Å²) < 4.78 is 11.3. The smallest absolute Gasteiger partial charge is 0.276 e. The van der Waals surface area contributed by atoms with E-state index in [1.54, 1.807) is 12.1 Å². The first kappa shape index (κ1) is 18.8. The Bertz CT molecular complexity index is 847.